The lowest BCUT2D eigenvalue weighted by atomic mass is 9.78. The normalized spacial score (nSPS) is 28.2. The van der Waals surface area contributed by atoms with Crippen LogP contribution < -0.4 is 20.1 Å². The predicted molar refractivity (Wildman–Crippen MR) is 129 cm³/mol. The predicted octanol–water partition coefficient (Wildman–Crippen LogP) is 4.30. The van der Waals surface area contributed by atoms with Gasteiger partial charge in [-0.25, -0.2) is 8.42 Å². The highest BCUT2D eigenvalue weighted by Gasteiger charge is 2.53. The minimum Gasteiger partial charge on any atom is -0.490 e. The minimum atomic E-state index is -4.78. The highest BCUT2D eigenvalue weighted by Crippen LogP contribution is 2.46. The molecule has 5 rings (SSSR count). The fraction of sp³-hybridized carbons (Fsp3) is 0.538. The SMILES string of the molecule is CS(=O)(=O)CC1CC2(c3ccccc3)NC1CCC2NCc1cc(OC(F)(F)F)ccc1OC1CC1. The molecule has 0 aromatic heterocycles. The summed E-state index contributed by atoms with van der Waals surface area (Å²) in [4.78, 5) is 0. The minimum absolute atomic E-state index is 0.00993. The molecule has 2 aromatic rings. The van der Waals surface area contributed by atoms with Crippen molar-refractivity contribution in [3.05, 3.63) is 59.7 Å². The smallest absolute Gasteiger partial charge is 0.490 e. The molecule has 6 nitrogen and oxygen atoms in total. The average Bonchev–Trinajstić information content (AvgIpc) is 3.57. The summed E-state index contributed by atoms with van der Waals surface area (Å²) >= 11 is 0. The zero-order chi connectivity index (χ0) is 25.6. The van der Waals surface area contributed by atoms with Crippen molar-refractivity contribution in [2.75, 3.05) is 12.0 Å². The molecule has 36 heavy (non-hydrogen) atoms. The molecule has 10 heteroatoms. The zero-order valence-electron chi connectivity index (χ0n) is 20.1. The molecular weight excluding hydrogens is 493 g/mol. The highest BCUT2D eigenvalue weighted by atomic mass is 32.2. The lowest BCUT2D eigenvalue weighted by Gasteiger charge is -2.43. The Morgan fingerprint density at radius 1 is 1.08 bits per heavy atom. The van der Waals surface area contributed by atoms with Crippen LogP contribution in [0.3, 0.4) is 0 Å². The molecule has 0 spiro atoms. The second-order valence-corrected chi connectivity index (χ2v) is 12.5. The summed E-state index contributed by atoms with van der Waals surface area (Å²) in [5.74, 6) is 0.388. The van der Waals surface area contributed by atoms with E-state index in [-0.39, 0.29) is 35.6 Å². The van der Waals surface area contributed by atoms with Crippen LogP contribution in [-0.4, -0.2) is 45.0 Å². The second kappa shape index (κ2) is 9.54. The summed E-state index contributed by atoms with van der Waals surface area (Å²) in [6, 6.07) is 14.2. The molecule has 2 heterocycles. The van der Waals surface area contributed by atoms with E-state index < -0.39 is 21.7 Å². The first kappa shape index (κ1) is 25.4. The molecular formula is C26H31F3N2O4S. The van der Waals surface area contributed by atoms with Crippen LogP contribution in [0.4, 0.5) is 13.2 Å². The van der Waals surface area contributed by atoms with Crippen molar-refractivity contribution in [3.8, 4) is 11.5 Å². The molecule has 4 unspecified atom stereocenters. The molecule has 3 fully saturated rings. The van der Waals surface area contributed by atoms with Crippen molar-refractivity contribution in [2.45, 2.75) is 68.7 Å². The number of hydrogen-bond acceptors (Lipinski definition) is 6. The Morgan fingerprint density at radius 2 is 1.83 bits per heavy atom. The molecule has 2 N–H and O–H groups in total. The van der Waals surface area contributed by atoms with Crippen LogP contribution in [0.2, 0.25) is 0 Å². The molecule has 3 aliphatic rings. The maximum absolute atomic E-state index is 12.8. The number of sulfone groups is 1. The van der Waals surface area contributed by atoms with Gasteiger partial charge in [-0.05, 0) is 61.8 Å². The van der Waals surface area contributed by atoms with Crippen molar-refractivity contribution in [3.63, 3.8) is 0 Å². The summed E-state index contributed by atoms with van der Waals surface area (Å²) < 4.78 is 72.9. The molecule has 0 radical (unpaired) electrons. The molecule has 2 aliphatic heterocycles. The zero-order valence-corrected chi connectivity index (χ0v) is 20.9. The van der Waals surface area contributed by atoms with Gasteiger partial charge < -0.3 is 20.1 Å². The van der Waals surface area contributed by atoms with Gasteiger partial charge in [0.05, 0.1) is 17.4 Å². The standard InChI is InChI=1S/C26H31F3N2O4S/c1-36(32,33)16-18-14-25(19-5-3-2-4-6-19)24(12-10-22(18)31-25)30-15-17-13-21(35-26(27,28)29)9-11-23(17)34-20-7-8-20/h2-6,9,11,13,18,20,22,24,30-31H,7-8,10,12,14-16H2,1H3. The van der Waals surface area contributed by atoms with Crippen molar-refractivity contribution < 1.29 is 31.1 Å². The monoisotopic (exact) mass is 524 g/mol. The fourth-order valence-corrected chi connectivity index (χ4v) is 6.92. The van der Waals surface area contributed by atoms with Crippen LogP contribution >= 0.6 is 0 Å². The van der Waals surface area contributed by atoms with Crippen LogP contribution in [0.5, 0.6) is 11.5 Å². The summed E-state index contributed by atoms with van der Waals surface area (Å²) in [5, 5.41) is 7.33. The maximum atomic E-state index is 12.8. The van der Waals surface area contributed by atoms with E-state index >= 15 is 0 Å². The van der Waals surface area contributed by atoms with Gasteiger partial charge in [-0.15, -0.1) is 13.2 Å². The molecule has 1 aliphatic carbocycles. The fourth-order valence-electron chi connectivity index (χ4n) is 5.79. The Labute approximate surface area is 209 Å². The van der Waals surface area contributed by atoms with Gasteiger partial charge in [0.1, 0.15) is 21.3 Å². The summed E-state index contributed by atoms with van der Waals surface area (Å²) in [7, 11) is -3.14. The number of ether oxygens (including phenoxy) is 2. The molecule has 196 valence electrons. The van der Waals surface area contributed by atoms with E-state index in [4.69, 9.17) is 4.74 Å². The summed E-state index contributed by atoms with van der Waals surface area (Å²) in [6.07, 6.45) is 0.742. The number of alkyl halides is 3. The Hall–Kier alpha value is -2.30. The topological polar surface area (TPSA) is 76.7 Å². The number of halogens is 3. The number of nitrogens with one attached hydrogen (secondary N) is 2. The third-order valence-corrected chi connectivity index (χ3v) is 8.42. The quantitative estimate of drug-likeness (QED) is 0.510. The van der Waals surface area contributed by atoms with Gasteiger partial charge in [0.15, 0.2) is 0 Å². The van der Waals surface area contributed by atoms with E-state index in [0.717, 1.165) is 31.2 Å². The van der Waals surface area contributed by atoms with Crippen LogP contribution in [0.25, 0.3) is 0 Å². The first-order valence-corrected chi connectivity index (χ1v) is 14.4. The van der Waals surface area contributed by atoms with Gasteiger partial charge in [-0.1, -0.05) is 30.3 Å². The first-order chi connectivity index (χ1) is 17.0. The molecule has 2 bridgehead atoms. The number of piperidine rings is 1. The summed E-state index contributed by atoms with van der Waals surface area (Å²) in [6.45, 7) is 0.291. The Morgan fingerprint density at radius 3 is 2.50 bits per heavy atom. The van der Waals surface area contributed by atoms with E-state index in [0.29, 0.717) is 24.3 Å². The Bertz CT molecular complexity index is 1190. The molecule has 1 saturated carbocycles. The van der Waals surface area contributed by atoms with Crippen molar-refractivity contribution in [1.29, 1.82) is 0 Å². The second-order valence-electron chi connectivity index (χ2n) is 10.3. The van der Waals surface area contributed by atoms with Gasteiger partial charge in [0, 0.05) is 30.4 Å². The lowest BCUT2D eigenvalue weighted by molar-refractivity contribution is -0.274. The number of rotatable bonds is 9. The summed E-state index contributed by atoms with van der Waals surface area (Å²) in [5.41, 5.74) is 1.20. The molecule has 4 atom stereocenters. The van der Waals surface area contributed by atoms with Crippen molar-refractivity contribution >= 4 is 9.84 Å². The van der Waals surface area contributed by atoms with Gasteiger partial charge in [0.2, 0.25) is 0 Å². The first-order valence-electron chi connectivity index (χ1n) is 12.3. The average molecular weight is 525 g/mol. The molecule has 2 aromatic carbocycles. The van der Waals surface area contributed by atoms with Crippen LogP contribution in [0.1, 0.15) is 43.2 Å². The van der Waals surface area contributed by atoms with Crippen molar-refractivity contribution in [1.82, 2.24) is 10.6 Å². The van der Waals surface area contributed by atoms with Gasteiger partial charge >= 0.3 is 6.36 Å². The Kier molecular flexibility index (Phi) is 6.72. The highest BCUT2D eigenvalue weighted by molar-refractivity contribution is 7.90. The van der Waals surface area contributed by atoms with Crippen LogP contribution in [-0.2, 0) is 21.9 Å². The van der Waals surface area contributed by atoms with Crippen LogP contribution in [0, 0.1) is 5.92 Å². The number of fused-ring (bicyclic) bond motifs is 2. The number of benzene rings is 2. The lowest BCUT2D eigenvalue weighted by Crippen LogP contribution is -2.58. The van der Waals surface area contributed by atoms with Gasteiger partial charge in [-0.2, -0.15) is 0 Å². The van der Waals surface area contributed by atoms with E-state index in [1.54, 1.807) is 0 Å². The number of hydrogen-bond donors (Lipinski definition) is 2. The third-order valence-electron chi connectivity index (χ3n) is 7.39. The van der Waals surface area contributed by atoms with Crippen LogP contribution in [0.15, 0.2) is 48.5 Å². The Balaban J connectivity index is 1.41. The van der Waals surface area contributed by atoms with E-state index in [9.17, 15) is 21.6 Å². The largest absolute Gasteiger partial charge is 0.573 e. The van der Waals surface area contributed by atoms with Gasteiger partial charge in [-0.3, -0.25) is 0 Å². The third kappa shape index (κ3) is 5.81. The van der Waals surface area contributed by atoms with Gasteiger partial charge in [0.25, 0.3) is 0 Å². The van der Waals surface area contributed by atoms with E-state index in [1.807, 2.05) is 30.3 Å². The molecule has 2 saturated heterocycles. The maximum Gasteiger partial charge on any atom is 0.573 e. The van der Waals surface area contributed by atoms with E-state index in [1.165, 1.54) is 24.5 Å². The van der Waals surface area contributed by atoms with Crippen molar-refractivity contribution in [2.24, 2.45) is 5.92 Å². The van der Waals surface area contributed by atoms with E-state index in [2.05, 4.69) is 15.4 Å². The molecule has 0 amide bonds.